The molecule has 1 fully saturated rings. The average molecular weight is 336 g/mol. The summed E-state index contributed by atoms with van der Waals surface area (Å²) in [7, 11) is 0. The van der Waals surface area contributed by atoms with Crippen LogP contribution in [0, 0.1) is 0 Å². The summed E-state index contributed by atoms with van der Waals surface area (Å²) >= 11 is 0. The van der Waals surface area contributed by atoms with Gasteiger partial charge in [-0.3, -0.25) is 10.2 Å². The Balaban J connectivity index is 2.13. The fourth-order valence-corrected chi connectivity index (χ4v) is 3.24. The Bertz CT molecular complexity index is 758. The molecule has 1 atom stereocenters. The Morgan fingerprint density at radius 2 is 2.04 bits per heavy atom. The number of fused-ring (bicyclic) bond motifs is 1. The predicted octanol–water partition coefficient (Wildman–Crippen LogP) is 4.13. The smallest absolute Gasteiger partial charge is 0.288 e. The molecule has 3 nitrogen and oxygen atoms in total. The monoisotopic (exact) mass is 336 g/mol. The Morgan fingerprint density at radius 1 is 1.25 bits per heavy atom. The van der Waals surface area contributed by atoms with Crippen LogP contribution in [0.3, 0.4) is 0 Å². The van der Waals surface area contributed by atoms with Crippen LogP contribution >= 0.6 is 0 Å². The van der Waals surface area contributed by atoms with E-state index in [1.807, 2.05) is 31.2 Å². The number of rotatable bonds is 4. The second kappa shape index (κ2) is 6.43. The topological polar surface area (TPSA) is 32.3 Å². The van der Waals surface area contributed by atoms with E-state index in [1.54, 1.807) is 6.07 Å². The quantitative estimate of drug-likeness (QED) is 0.910. The molecule has 24 heavy (non-hydrogen) atoms. The van der Waals surface area contributed by atoms with E-state index in [9.17, 15) is 18.0 Å². The SMILES string of the molecule is CCCc1ccc2cccc(C(N3CCC(=O)N3)C(F)(F)F)c2c1. The molecule has 0 bridgehead atoms. The number of aryl methyl sites for hydroxylation is 1. The predicted molar refractivity (Wildman–Crippen MR) is 86.2 cm³/mol. The normalized spacial score (nSPS) is 17.2. The highest BCUT2D eigenvalue weighted by Gasteiger charge is 2.47. The number of halogens is 3. The molecule has 0 saturated carbocycles. The molecule has 0 aliphatic carbocycles. The molecule has 2 aromatic rings. The van der Waals surface area contributed by atoms with Gasteiger partial charge in [-0.25, -0.2) is 5.01 Å². The summed E-state index contributed by atoms with van der Waals surface area (Å²) in [6.45, 7) is 2.09. The van der Waals surface area contributed by atoms with Crippen molar-refractivity contribution >= 4 is 16.7 Å². The van der Waals surface area contributed by atoms with Crippen molar-refractivity contribution < 1.29 is 18.0 Å². The number of nitrogens with one attached hydrogen (secondary N) is 1. The van der Waals surface area contributed by atoms with Crippen molar-refractivity contribution in [2.75, 3.05) is 6.54 Å². The van der Waals surface area contributed by atoms with Crippen molar-refractivity contribution in [1.82, 2.24) is 10.4 Å². The van der Waals surface area contributed by atoms with E-state index in [-0.39, 0.29) is 24.4 Å². The first-order valence-corrected chi connectivity index (χ1v) is 8.04. The summed E-state index contributed by atoms with van der Waals surface area (Å²) in [6, 6.07) is 8.75. The maximum atomic E-state index is 13.8. The van der Waals surface area contributed by atoms with E-state index in [1.165, 1.54) is 6.07 Å². The lowest BCUT2D eigenvalue weighted by molar-refractivity contribution is -0.190. The van der Waals surface area contributed by atoms with Crippen LogP contribution < -0.4 is 5.43 Å². The lowest BCUT2D eigenvalue weighted by atomic mass is 9.95. The van der Waals surface area contributed by atoms with Gasteiger partial charge in [0.1, 0.15) is 0 Å². The third-order valence-corrected chi connectivity index (χ3v) is 4.28. The fourth-order valence-electron chi connectivity index (χ4n) is 3.24. The van der Waals surface area contributed by atoms with Gasteiger partial charge in [-0.2, -0.15) is 13.2 Å². The molecule has 1 aliphatic rings. The Morgan fingerprint density at radius 3 is 2.67 bits per heavy atom. The van der Waals surface area contributed by atoms with Gasteiger partial charge < -0.3 is 0 Å². The summed E-state index contributed by atoms with van der Waals surface area (Å²) in [5.41, 5.74) is 3.54. The van der Waals surface area contributed by atoms with Crippen molar-refractivity contribution in [3.05, 3.63) is 47.5 Å². The van der Waals surface area contributed by atoms with E-state index in [0.29, 0.717) is 5.39 Å². The largest absolute Gasteiger partial charge is 0.409 e. The molecule has 6 heteroatoms. The maximum Gasteiger partial charge on any atom is 0.409 e. The van der Waals surface area contributed by atoms with Gasteiger partial charge in [0, 0.05) is 13.0 Å². The summed E-state index contributed by atoms with van der Waals surface area (Å²) in [4.78, 5) is 11.4. The van der Waals surface area contributed by atoms with Crippen LogP contribution in [-0.4, -0.2) is 23.6 Å². The number of hydrogen-bond acceptors (Lipinski definition) is 2. The standard InChI is InChI=1S/C18H19F3N2O/c1-2-4-12-7-8-13-5-3-6-14(15(13)11-12)17(18(19,20)21)23-10-9-16(24)22-23/h3,5-8,11,17H,2,4,9-10H2,1H3,(H,22,24). The molecule has 1 heterocycles. The second-order valence-corrected chi connectivity index (χ2v) is 6.08. The number of carbonyl (C=O) groups is 1. The first kappa shape index (κ1) is 16.8. The van der Waals surface area contributed by atoms with E-state index in [2.05, 4.69) is 5.43 Å². The van der Waals surface area contributed by atoms with Gasteiger partial charge in [0.05, 0.1) is 0 Å². The minimum absolute atomic E-state index is 0.0497. The highest BCUT2D eigenvalue weighted by Crippen LogP contribution is 2.40. The first-order valence-electron chi connectivity index (χ1n) is 8.04. The molecule has 1 saturated heterocycles. The fraction of sp³-hybridized carbons (Fsp3) is 0.389. The molecule has 2 aromatic carbocycles. The van der Waals surface area contributed by atoms with Gasteiger partial charge >= 0.3 is 6.18 Å². The van der Waals surface area contributed by atoms with Crippen LogP contribution in [-0.2, 0) is 11.2 Å². The van der Waals surface area contributed by atoms with Gasteiger partial charge in [-0.15, -0.1) is 0 Å². The van der Waals surface area contributed by atoms with Crippen molar-refractivity contribution in [3.8, 4) is 0 Å². The Labute approximate surface area is 138 Å². The van der Waals surface area contributed by atoms with Crippen LogP contribution in [0.25, 0.3) is 10.8 Å². The number of amides is 1. The van der Waals surface area contributed by atoms with Gasteiger partial charge in [-0.1, -0.05) is 49.7 Å². The van der Waals surface area contributed by atoms with Gasteiger partial charge in [0.25, 0.3) is 0 Å². The van der Waals surface area contributed by atoms with Crippen LogP contribution in [0.2, 0.25) is 0 Å². The Hall–Kier alpha value is -2.08. The van der Waals surface area contributed by atoms with E-state index < -0.39 is 12.2 Å². The molecule has 0 aromatic heterocycles. The van der Waals surface area contributed by atoms with Crippen LogP contribution in [0.5, 0.6) is 0 Å². The molecule has 3 rings (SSSR count). The number of benzene rings is 2. The van der Waals surface area contributed by atoms with Crippen LogP contribution in [0.1, 0.15) is 36.9 Å². The van der Waals surface area contributed by atoms with Crippen LogP contribution in [0.15, 0.2) is 36.4 Å². The lowest BCUT2D eigenvalue weighted by Crippen LogP contribution is -2.43. The maximum absolute atomic E-state index is 13.8. The van der Waals surface area contributed by atoms with Gasteiger partial charge in [0.2, 0.25) is 5.91 Å². The van der Waals surface area contributed by atoms with Crippen molar-refractivity contribution in [2.45, 2.75) is 38.4 Å². The average Bonchev–Trinajstić information content (AvgIpc) is 2.93. The minimum atomic E-state index is -4.48. The van der Waals surface area contributed by atoms with Crippen LogP contribution in [0.4, 0.5) is 13.2 Å². The Kier molecular flexibility index (Phi) is 4.49. The van der Waals surface area contributed by atoms with E-state index in [0.717, 1.165) is 28.8 Å². The molecule has 1 unspecified atom stereocenters. The molecule has 128 valence electrons. The third kappa shape index (κ3) is 3.24. The first-order chi connectivity index (χ1) is 11.4. The minimum Gasteiger partial charge on any atom is -0.288 e. The molecule has 1 amide bonds. The number of alkyl halides is 3. The van der Waals surface area contributed by atoms with Crippen molar-refractivity contribution in [2.24, 2.45) is 0 Å². The van der Waals surface area contributed by atoms with E-state index >= 15 is 0 Å². The van der Waals surface area contributed by atoms with E-state index in [4.69, 9.17) is 0 Å². The molecule has 0 spiro atoms. The molecule has 0 radical (unpaired) electrons. The van der Waals surface area contributed by atoms with Gasteiger partial charge in [0.15, 0.2) is 6.04 Å². The zero-order chi connectivity index (χ0) is 17.3. The number of hydrazine groups is 1. The van der Waals surface area contributed by atoms with Crippen molar-refractivity contribution in [3.63, 3.8) is 0 Å². The zero-order valence-corrected chi connectivity index (χ0v) is 13.4. The second-order valence-electron chi connectivity index (χ2n) is 6.08. The summed E-state index contributed by atoms with van der Waals surface area (Å²) < 4.78 is 41.3. The highest BCUT2D eigenvalue weighted by molar-refractivity contribution is 5.87. The summed E-state index contributed by atoms with van der Waals surface area (Å²) in [5.74, 6) is -0.379. The zero-order valence-electron chi connectivity index (χ0n) is 13.4. The van der Waals surface area contributed by atoms with Crippen molar-refractivity contribution in [1.29, 1.82) is 0 Å². The molecular formula is C18H19F3N2O. The number of nitrogens with zero attached hydrogens (tertiary/aromatic N) is 1. The molecule has 1 N–H and O–H groups in total. The lowest BCUT2D eigenvalue weighted by Gasteiger charge is -2.30. The number of carbonyl (C=O) groups excluding carboxylic acids is 1. The number of hydrogen-bond donors (Lipinski definition) is 1. The summed E-state index contributed by atoms with van der Waals surface area (Å²) in [6.07, 6.45) is -2.65. The highest BCUT2D eigenvalue weighted by atomic mass is 19.4. The molecule has 1 aliphatic heterocycles. The summed E-state index contributed by atoms with van der Waals surface area (Å²) in [5, 5.41) is 2.36. The third-order valence-electron chi connectivity index (χ3n) is 4.28. The molecular weight excluding hydrogens is 317 g/mol. The van der Waals surface area contributed by atoms with Gasteiger partial charge in [-0.05, 0) is 28.3 Å².